The molecule has 6 N–H and O–H groups in total. The SMILES string of the molecule is CCC(NC(=O)NC(CCC(N)=O)C(=O)O)c1ncc[nH]1. The minimum atomic E-state index is -1.22. The Morgan fingerprint density at radius 2 is 2.14 bits per heavy atom. The molecule has 9 nitrogen and oxygen atoms in total. The maximum absolute atomic E-state index is 11.8. The van der Waals surface area contributed by atoms with Crippen molar-refractivity contribution in [2.45, 2.75) is 38.3 Å². The van der Waals surface area contributed by atoms with Crippen LogP contribution in [-0.2, 0) is 9.59 Å². The molecule has 0 radical (unpaired) electrons. The van der Waals surface area contributed by atoms with Crippen LogP contribution in [0.25, 0.3) is 0 Å². The highest BCUT2D eigenvalue weighted by molar-refractivity contribution is 5.83. The van der Waals surface area contributed by atoms with Gasteiger partial charge in [0.15, 0.2) is 0 Å². The zero-order valence-electron chi connectivity index (χ0n) is 11.6. The molecule has 9 heteroatoms. The molecule has 1 heterocycles. The molecule has 0 aliphatic carbocycles. The van der Waals surface area contributed by atoms with Crippen LogP contribution in [0, 0.1) is 0 Å². The number of amides is 3. The number of nitrogens with two attached hydrogens (primary N) is 1. The fraction of sp³-hybridized carbons (Fsp3) is 0.500. The van der Waals surface area contributed by atoms with Crippen LogP contribution in [0.4, 0.5) is 4.79 Å². The van der Waals surface area contributed by atoms with Crippen molar-refractivity contribution in [2.75, 3.05) is 0 Å². The Kier molecular flexibility index (Phi) is 6.18. The molecule has 2 unspecified atom stereocenters. The zero-order chi connectivity index (χ0) is 15.8. The summed E-state index contributed by atoms with van der Waals surface area (Å²) in [5.74, 6) is -1.26. The second-order valence-corrected chi connectivity index (χ2v) is 4.45. The molecule has 1 rings (SSSR count). The Bertz CT molecular complexity index is 488. The van der Waals surface area contributed by atoms with Crippen molar-refractivity contribution in [2.24, 2.45) is 5.73 Å². The molecule has 0 spiro atoms. The van der Waals surface area contributed by atoms with Gasteiger partial charge in [0.1, 0.15) is 11.9 Å². The first-order chi connectivity index (χ1) is 9.93. The molecule has 21 heavy (non-hydrogen) atoms. The van der Waals surface area contributed by atoms with E-state index in [-0.39, 0.29) is 18.9 Å². The lowest BCUT2D eigenvalue weighted by Gasteiger charge is -2.18. The summed E-state index contributed by atoms with van der Waals surface area (Å²) in [4.78, 5) is 40.4. The summed E-state index contributed by atoms with van der Waals surface area (Å²) in [6, 6.07) is -2.17. The fourth-order valence-electron chi connectivity index (χ4n) is 1.73. The number of hydrogen-bond acceptors (Lipinski definition) is 4. The predicted octanol–water partition coefficient (Wildman–Crippen LogP) is -0.121. The predicted molar refractivity (Wildman–Crippen MR) is 73.1 cm³/mol. The molecular formula is C12H19N5O4. The van der Waals surface area contributed by atoms with Crippen molar-refractivity contribution in [1.82, 2.24) is 20.6 Å². The number of nitrogens with zero attached hydrogens (tertiary/aromatic N) is 1. The second kappa shape index (κ2) is 7.88. The number of carbonyl (C=O) groups is 3. The summed E-state index contributed by atoms with van der Waals surface area (Å²) >= 11 is 0. The van der Waals surface area contributed by atoms with E-state index in [2.05, 4.69) is 20.6 Å². The topological polar surface area (TPSA) is 150 Å². The molecule has 1 aromatic rings. The second-order valence-electron chi connectivity index (χ2n) is 4.45. The molecule has 2 atom stereocenters. The van der Waals surface area contributed by atoms with E-state index in [0.717, 1.165) is 0 Å². The number of imidazole rings is 1. The number of rotatable bonds is 8. The third kappa shape index (κ3) is 5.51. The van der Waals surface area contributed by atoms with E-state index in [1.165, 1.54) is 0 Å². The van der Waals surface area contributed by atoms with Gasteiger partial charge in [-0.15, -0.1) is 0 Å². The summed E-state index contributed by atoms with van der Waals surface area (Å²) in [7, 11) is 0. The monoisotopic (exact) mass is 297 g/mol. The molecule has 0 saturated heterocycles. The number of carbonyl (C=O) groups excluding carboxylic acids is 2. The lowest BCUT2D eigenvalue weighted by Crippen LogP contribution is -2.47. The summed E-state index contributed by atoms with van der Waals surface area (Å²) in [6.07, 6.45) is 3.59. The van der Waals surface area contributed by atoms with Gasteiger partial charge in [-0.3, -0.25) is 4.79 Å². The third-order valence-corrected chi connectivity index (χ3v) is 2.85. The number of nitrogens with one attached hydrogen (secondary N) is 3. The molecule has 0 fully saturated rings. The molecule has 1 aromatic heterocycles. The largest absolute Gasteiger partial charge is 0.480 e. The van der Waals surface area contributed by atoms with E-state index >= 15 is 0 Å². The first kappa shape index (κ1) is 16.5. The number of aromatic amines is 1. The van der Waals surface area contributed by atoms with Crippen LogP contribution in [-0.4, -0.2) is 39.0 Å². The summed E-state index contributed by atoms with van der Waals surface area (Å²) in [5, 5.41) is 13.9. The van der Waals surface area contributed by atoms with Crippen molar-refractivity contribution in [3.63, 3.8) is 0 Å². The van der Waals surface area contributed by atoms with Gasteiger partial charge >= 0.3 is 12.0 Å². The Hall–Kier alpha value is -2.58. The van der Waals surface area contributed by atoms with Crippen LogP contribution < -0.4 is 16.4 Å². The molecule has 116 valence electrons. The van der Waals surface area contributed by atoms with Gasteiger partial charge in [-0.1, -0.05) is 6.92 Å². The van der Waals surface area contributed by atoms with Gasteiger partial charge in [-0.2, -0.15) is 0 Å². The van der Waals surface area contributed by atoms with Gasteiger partial charge in [0.2, 0.25) is 5.91 Å². The summed E-state index contributed by atoms with van der Waals surface area (Å²) < 4.78 is 0. The fourth-order valence-corrected chi connectivity index (χ4v) is 1.73. The van der Waals surface area contributed by atoms with E-state index in [0.29, 0.717) is 12.2 Å². The van der Waals surface area contributed by atoms with Crippen LogP contribution in [0.2, 0.25) is 0 Å². The Morgan fingerprint density at radius 1 is 1.43 bits per heavy atom. The molecule has 0 aliphatic rings. The normalized spacial score (nSPS) is 13.2. The number of urea groups is 1. The smallest absolute Gasteiger partial charge is 0.326 e. The molecular weight excluding hydrogens is 278 g/mol. The van der Waals surface area contributed by atoms with Crippen LogP contribution in [0.15, 0.2) is 12.4 Å². The molecule has 3 amide bonds. The van der Waals surface area contributed by atoms with Gasteiger partial charge in [-0.05, 0) is 12.8 Å². The van der Waals surface area contributed by atoms with Crippen molar-refractivity contribution in [3.8, 4) is 0 Å². The van der Waals surface area contributed by atoms with Gasteiger partial charge in [0.25, 0.3) is 0 Å². The van der Waals surface area contributed by atoms with E-state index in [4.69, 9.17) is 10.8 Å². The minimum Gasteiger partial charge on any atom is -0.480 e. The quantitative estimate of drug-likeness (QED) is 0.453. The number of aliphatic carboxylic acids is 1. The van der Waals surface area contributed by atoms with E-state index in [9.17, 15) is 14.4 Å². The number of aromatic nitrogens is 2. The van der Waals surface area contributed by atoms with Crippen molar-refractivity contribution < 1.29 is 19.5 Å². The molecule has 0 saturated carbocycles. The average molecular weight is 297 g/mol. The van der Waals surface area contributed by atoms with Crippen molar-refractivity contribution >= 4 is 17.9 Å². The maximum Gasteiger partial charge on any atom is 0.326 e. The minimum absolute atomic E-state index is 0.0599. The number of carboxylic acid groups (broad SMARTS) is 1. The highest BCUT2D eigenvalue weighted by Gasteiger charge is 2.22. The number of hydrogen-bond donors (Lipinski definition) is 5. The van der Waals surface area contributed by atoms with Gasteiger partial charge < -0.3 is 26.5 Å². The van der Waals surface area contributed by atoms with Gasteiger partial charge in [0, 0.05) is 18.8 Å². The summed E-state index contributed by atoms with van der Waals surface area (Å²) in [5.41, 5.74) is 4.97. The Morgan fingerprint density at radius 3 is 2.62 bits per heavy atom. The zero-order valence-corrected chi connectivity index (χ0v) is 11.6. The van der Waals surface area contributed by atoms with Gasteiger partial charge in [-0.25, -0.2) is 14.6 Å². The Labute approximate surface area is 121 Å². The first-order valence-electron chi connectivity index (χ1n) is 6.51. The van der Waals surface area contributed by atoms with Crippen LogP contribution >= 0.6 is 0 Å². The number of carboxylic acids is 1. The van der Waals surface area contributed by atoms with E-state index in [1.807, 2.05) is 6.92 Å². The number of primary amides is 1. The highest BCUT2D eigenvalue weighted by atomic mass is 16.4. The van der Waals surface area contributed by atoms with Gasteiger partial charge in [0.05, 0.1) is 6.04 Å². The van der Waals surface area contributed by atoms with Crippen LogP contribution in [0.1, 0.15) is 38.1 Å². The summed E-state index contributed by atoms with van der Waals surface area (Å²) in [6.45, 7) is 1.86. The first-order valence-corrected chi connectivity index (χ1v) is 6.51. The van der Waals surface area contributed by atoms with Crippen molar-refractivity contribution in [1.29, 1.82) is 0 Å². The molecule has 0 aromatic carbocycles. The maximum atomic E-state index is 11.8. The van der Waals surface area contributed by atoms with Crippen molar-refractivity contribution in [3.05, 3.63) is 18.2 Å². The lowest BCUT2D eigenvalue weighted by atomic mass is 10.1. The van der Waals surface area contributed by atoms with E-state index < -0.39 is 23.9 Å². The third-order valence-electron chi connectivity index (χ3n) is 2.85. The molecule has 0 aliphatic heterocycles. The van der Waals surface area contributed by atoms with Crippen LogP contribution in [0.5, 0.6) is 0 Å². The van der Waals surface area contributed by atoms with Crippen LogP contribution in [0.3, 0.4) is 0 Å². The highest BCUT2D eigenvalue weighted by Crippen LogP contribution is 2.10. The Balaban J connectivity index is 2.56. The standard InChI is InChI=1S/C12H19N5O4/c1-2-7(10-14-5-6-15-10)16-12(21)17-8(11(19)20)3-4-9(13)18/h5-8H,2-4H2,1H3,(H2,13,18)(H,14,15)(H,19,20)(H2,16,17,21). The molecule has 0 bridgehead atoms. The number of H-pyrrole nitrogens is 1. The van der Waals surface area contributed by atoms with E-state index in [1.54, 1.807) is 12.4 Å². The lowest BCUT2D eigenvalue weighted by molar-refractivity contribution is -0.139. The average Bonchev–Trinajstić information content (AvgIpc) is 2.94.